The minimum atomic E-state index is -1.58. The minimum absolute atomic E-state index is 0.0586. The van der Waals surface area contributed by atoms with Gasteiger partial charge in [0.1, 0.15) is 24.4 Å². The first-order valence-corrected chi connectivity index (χ1v) is 25.8. The Morgan fingerprint density at radius 3 is 1.57 bits per heavy atom. The van der Waals surface area contributed by atoms with E-state index in [4.69, 9.17) is 14.2 Å². The number of amides is 1. The van der Waals surface area contributed by atoms with Crippen LogP contribution in [0.1, 0.15) is 219 Å². The standard InChI is InChI=1S/C52H95NO10/c1-3-5-7-9-11-13-15-19-22-26-30-34-38-45(55)44(43-62-52-51(60)50(59)49(58)46(42-54)63-52)53-47(56)39-35-31-27-23-20-16-17-21-25-29-33-37-41-61-48(57)40-36-32-28-24-18-14-12-10-8-6-4-2/h10,12,17,21,34,38,44-46,49-52,54-55,58-60H,3-9,11,13-16,18-20,22-33,35-37,39-43H2,1-2H3,(H,53,56)/b12-10-,21-17-,38-34+. The van der Waals surface area contributed by atoms with E-state index in [9.17, 15) is 35.1 Å². The lowest BCUT2D eigenvalue weighted by molar-refractivity contribution is -0.302. The van der Waals surface area contributed by atoms with E-state index in [1.807, 2.05) is 6.08 Å². The van der Waals surface area contributed by atoms with Gasteiger partial charge in [0.25, 0.3) is 0 Å². The zero-order valence-corrected chi connectivity index (χ0v) is 40.0. The molecule has 0 radical (unpaired) electrons. The molecule has 63 heavy (non-hydrogen) atoms. The van der Waals surface area contributed by atoms with Gasteiger partial charge in [-0.1, -0.05) is 159 Å². The molecule has 1 fully saturated rings. The molecule has 11 heteroatoms. The molecule has 0 bridgehead atoms. The summed E-state index contributed by atoms with van der Waals surface area (Å²) in [5.41, 5.74) is 0. The largest absolute Gasteiger partial charge is 0.466 e. The highest BCUT2D eigenvalue weighted by Crippen LogP contribution is 2.23. The van der Waals surface area contributed by atoms with Gasteiger partial charge in [0, 0.05) is 12.8 Å². The summed E-state index contributed by atoms with van der Waals surface area (Å²) in [5, 5.41) is 54.2. The monoisotopic (exact) mass is 894 g/mol. The van der Waals surface area contributed by atoms with Gasteiger partial charge in [-0.2, -0.15) is 0 Å². The second-order valence-electron chi connectivity index (χ2n) is 17.9. The van der Waals surface area contributed by atoms with Crippen molar-refractivity contribution >= 4 is 11.9 Å². The minimum Gasteiger partial charge on any atom is -0.466 e. The lowest BCUT2D eigenvalue weighted by Gasteiger charge is -2.40. The van der Waals surface area contributed by atoms with Gasteiger partial charge in [0.15, 0.2) is 6.29 Å². The van der Waals surface area contributed by atoms with Crippen molar-refractivity contribution < 1.29 is 49.3 Å². The van der Waals surface area contributed by atoms with Gasteiger partial charge in [-0.3, -0.25) is 9.59 Å². The Hall–Kier alpha value is -2.12. The van der Waals surface area contributed by atoms with Crippen LogP contribution >= 0.6 is 0 Å². The van der Waals surface area contributed by atoms with E-state index >= 15 is 0 Å². The Morgan fingerprint density at radius 1 is 0.571 bits per heavy atom. The number of hydrogen-bond donors (Lipinski definition) is 6. The van der Waals surface area contributed by atoms with Crippen LogP contribution in [-0.4, -0.2) is 100 Å². The average molecular weight is 894 g/mol. The van der Waals surface area contributed by atoms with Gasteiger partial charge >= 0.3 is 5.97 Å². The number of carbonyl (C=O) groups is 2. The Kier molecular flexibility index (Phi) is 39.7. The van der Waals surface area contributed by atoms with Crippen molar-refractivity contribution in [3.8, 4) is 0 Å². The molecule has 0 aliphatic carbocycles. The summed E-state index contributed by atoms with van der Waals surface area (Å²) in [6, 6.07) is -0.828. The van der Waals surface area contributed by atoms with Crippen molar-refractivity contribution in [2.45, 2.75) is 262 Å². The van der Waals surface area contributed by atoms with E-state index < -0.39 is 49.5 Å². The molecule has 0 spiro atoms. The molecule has 1 amide bonds. The molecular weight excluding hydrogens is 799 g/mol. The maximum atomic E-state index is 13.0. The van der Waals surface area contributed by atoms with Crippen LogP contribution in [0.3, 0.4) is 0 Å². The third-order valence-corrected chi connectivity index (χ3v) is 12.0. The van der Waals surface area contributed by atoms with Crippen LogP contribution in [-0.2, 0) is 23.8 Å². The molecule has 0 saturated carbocycles. The lowest BCUT2D eigenvalue weighted by Crippen LogP contribution is -2.60. The van der Waals surface area contributed by atoms with Crippen LogP contribution < -0.4 is 5.32 Å². The molecule has 7 atom stereocenters. The van der Waals surface area contributed by atoms with Crippen LogP contribution in [0.15, 0.2) is 36.5 Å². The fourth-order valence-electron chi connectivity index (χ4n) is 7.76. The number of nitrogens with one attached hydrogen (secondary N) is 1. The molecular formula is C52H95NO10. The fraction of sp³-hybridized carbons (Fsp3) is 0.846. The van der Waals surface area contributed by atoms with E-state index in [0.717, 1.165) is 96.3 Å². The van der Waals surface area contributed by atoms with Crippen molar-refractivity contribution in [2.75, 3.05) is 19.8 Å². The van der Waals surface area contributed by atoms with Gasteiger partial charge in [-0.15, -0.1) is 0 Å². The maximum absolute atomic E-state index is 13.0. The molecule has 0 aromatic rings. The van der Waals surface area contributed by atoms with Crippen molar-refractivity contribution in [2.24, 2.45) is 0 Å². The second-order valence-corrected chi connectivity index (χ2v) is 17.9. The highest BCUT2D eigenvalue weighted by atomic mass is 16.7. The highest BCUT2D eigenvalue weighted by Gasteiger charge is 2.44. The molecule has 6 N–H and O–H groups in total. The van der Waals surface area contributed by atoms with E-state index in [2.05, 4.69) is 43.5 Å². The molecule has 0 aromatic heterocycles. The van der Waals surface area contributed by atoms with Crippen LogP contribution in [0.4, 0.5) is 0 Å². The topological polar surface area (TPSA) is 175 Å². The van der Waals surface area contributed by atoms with Gasteiger partial charge in [-0.25, -0.2) is 0 Å². The van der Waals surface area contributed by atoms with Crippen molar-refractivity contribution in [1.29, 1.82) is 0 Å². The summed E-state index contributed by atoms with van der Waals surface area (Å²) in [4.78, 5) is 25.0. The Labute approximate surface area is 383 Å². The molecule has 1 aliphatic heterocycles. The van der Waals surface area contributed by atoms with E-state index in [1.165, 1.54) is 96.3 Å². The number of allylic oxidation sites excluding steroid dienone is 5. The lowest BCUT2D eigenvalue weighted by atomic mass is 9.99. The van der Waals surface area contributed by atoms with Crippen molar-refractivity contribution in [3.63, 3.8) is 0 Å². The Morgan fingerprint density at radius 2 is 1.03 bits per heavy atom. The second kappa shape index (κ2) is 42.5. The molecule has 1 aliphatic rings. The normalized spacial score (nSPS) is 20.3. The Bertz CT molecular complexity index is 1150. The van der Waals surface area contributed by atoms with Crippen molar-refractivity contribution in [1.82, 2.24) is 5.32 Å². The first kappa shape index (κ1) is 58.9. The van der Waals surface area contributed by atoms with Crippen molar-refractivity contribution in [3.05, 3.63) is 36.5 Å². The summed E-state index contributed by atoms with van der Waals surface area (Å²) >= 11 is 0. The molecule has 7 unspecified atom stereocenters. The molecule has 0 aromatic carbocycles. The summed E-state index contributed by atoms with van der Waals surface area (Å²) in [6.45, 7) is 4.20. The van der Waals surface area contributed by atoms with Crippen LogP contribution in [0.5, 0.6) is 0 Å². The third kappa shape index (κ3) is 33.1. The van der Waals surface area contributed by atoms with Gasteiger partial charge < -0.3 is 45.1 Å². The van der Waals surface area contributed by atoms with Gasteiger partial charge in [0.05, 0.1) is 32.0 Å². The molecule has 1 saturated heterocycles. The number of aliphatic hydroxyl groups excluding tert-OH is 5. The first-order valence-electron chi connectivity index (χ1n) is 25.8. The molecule has 368 valence electrons. The van der Waals surface area contributed by atoms with Crippen LogP contribution in [0.2, 0.25) is 0 Å². The summed E-state index contributed by atoms with van der Waals surface area (Å²) < 4.78 is 16.6. The molecule has 1 rings (SSSR count). The quantitative estimate of drug-likeness (QED) is 0.0196. The van der Waals surface area contributed by atoms with Gasteiger partial charge in [-0.05, 0) is 83.5 Å². The van der Waals surface area contributed by atoms with E-state index in [-0.39, 0.29) is 18.5 Å². The highest BCUT2D eigenvalue weighted by molar-refractivity contribution is 5.76. The number of hydrogen-bond acceptors (Lipinski definition) is 10. The molecule has 1 heterocycles. The maximum Gasteiger partial charge on any atom is 0.305 e. The number of ether oxygens (including phenoxy) is 3. The average Bonchev–Trinajstić information content (AvgIpc) is 3.28. The summed E-state index contributed by atoms with van der Waals surface area (Å²) in [7, 11) is 0. The van der Waals surface area contributed by atoms with Crippen LogP contribution in [0.25, 0.3) is 0 Å². The number of esters is 1. The van der Waals surface area contributed by atoms with E-state index in [0.29, 0.717) is 19.4 Å². The third-order valence-electron chi connectivity index (χ3n) is 12.0. The number of unbranched alkanes of at least 4 members (excludes halogenated alkanes) is 25. The number of carbonyl (C=O) groups excluding carboxylic acids is 2. The number of rotatable bonds is 43. The zero-order valence-electron chi connectivity index (χ0n) is 40.0. The smallest absolute Gasteiger partial charge is 0.305 e. The molecule has 11 nitrogen and oxygen atoms in total. The Balaban J connectivity index is 2.23. The first-order chi connectivity index (χ1) is 30.7. The van der Waals surface area contributed by atoms with Crippen LogP contribution in [0, 0.1) is 0 Å². The zero-order chi connectivity index (χ0) is 46.0. The summed E-state index contributed by atoms with van der Waals surface area (Å²) in [5.74, 6) is -0.268. The van der Waals surface area contributed by atoms with E-state index in [1.54, 1.807) is 6.08 Å². The predicted molar refractivity (Wildman–Crippen MR) is 255 cm³/mol. The summed E-state index contributed by atoms with van der Waals surface area (Å²) in [6.07, 6.45) is 39.3. The fourth-order valence-corrected chi connectivity index (χ4v) is 7.76. The SMILES string of the molecule is CCCC/C=C\CCCCCCCC(=O)OCCCCC/C=C\CCCCCCCC(=O)NC(COC1OC(CO)C(O)C(O)C1O)C(O)/C=C/CCCCCCCCCCCC. The number of aliphatic hydroxyl groups is 5. The van der Waals surface area contributed by atoms with Gasteiger partial charge in [0.2, 0.25) is 5.91 Å². The predicted octanol–water partition coefficient (Wildman–Crippen LogP) is 10.4.